The molecule has 1 aromatic carbocycles. The van der Waals surface area contributed by atoms with E-state index in [9.17, 15) is 4.79 Å². The molecule has 1 aliphatic rings. The highest BCUT2D eigenvalue weighted by Gasteiger charge is 2.27. The van der Waals surface area contributed by atoms with Gasteiger partial charge in [0.15, 0.2) is 11.5 Å². The van der Waals surface area contributed by atoms with E-state index in [2.05, 4.69) is 22.9 Å². The average Bonchev–Trinajstić information content (AvgIpc) is 2.54. The van der Waals surface area contributed by atoms with Crippen LogP contribution in [0.15, 0.2) is 10.5 Å². The Morgan fingerprint density at radius 1 is 1.14 bits per heavy atom. The summed E-state index contributed by atoms with van der Waals surface area (Å²) in [5.74, 6) is 2.08. The van der Waals surface area contributed by atoms with Crippen LogP contribution in [0.2, 0.25) is 0 Å². The molecule has 0 aliphatic carbocycles. The molecular weight excluding hydrogens is 350 g/mol. The fourth-order valence-electron chi connectivity index (χ4n) is 2.66. The topological polar surface area (TPSA) is 48.0 Å². The summed E-state index contributed by atoms with van der Waals surface area (Å²) in [6.45, 7) is 3.78. The fraction of sp³-hybridized carbons (Fsp3) is 0.562. The smallest absolute Gasteiger partial charge is 0.255 e. The SMILES string of the molecule is COc1cc(C(=O)N2CCC(C)CC2)c(Br)c(OC)c1OC. The first-order chi connectivity index (χ1) is 10.5. The predicted octanol–water partition coefficient (Wildman–Crippen LogP) is 3.35. The van der Waals surface area contributed by atoms with Gasteiger partial charge in [-0.1, -0.05) is 6.92 Å². The first kappa shape index (κ1) is 16.9. The highest BCUT2D eigenvalue weighted by Crippen LogP contribution is 2.45. The van der Waals surface area contributed by atoms with Gasteiger partial charge in [0.05, 0.1) is 31.4 Å². The van der Waals surface area contributed by atoms with Crippen LogP contribution in [0.1, 0.15) is 30.1 Å². The van der Waals surface area contributed by atoms with Crippen molar-refractivity contribution in [2.75, 3.05) is 34.4 Å². The minimum absolute atomic E-state index is 0.0157. The van der Waals surface area contributed by atoms with E-state index in [-0.39, 0.29) is 5.91 Å². The fourth-order valence-corrected chi connectivity index (χ4v) is 3.28. The molecular formula is C16H22BrNO4. The summed E-state index contributed by atoms with van der Waals surface area (Å²) in [5, 5.41) is 0. The molecule has 1 aliphatic heterocycles. The molecule has 22 heavy (non-hydrogen) atoms. The molecule has 1 saturated heterocycles. The highest BCUT2D eigenvalue weighted by atomic mass is 79.9. The number of hydrogen-bond donors (Lipinski definition) is 0. The molecule has 5 nitrogen and oxygen atoms in total. The standard InChI is InChI=1S/C16H22BrNO4/c1-10-5-7-18(8-6-10)16(19)11-9-12(20-2)14(21-3)15(22-4)13(11)17/h9-10H,5-8H2,1-4H3. The van der Waals surface area contributed by atoms with Crippen molar-refractivity contribution in [2.24, 2.45) is 5.92 Å². The molecule has 0 radical (unpaired) electrons. The number of carbonyl (C=O) groups is 1. The Hall–Kier alpha value is -1.43. The van der Waals surface area contributed by atoms with Gasteiger partial charge in [0.1, 0.15) is 0 Å². The zero-order valence-electron chi connectivity index (χ0n) is 13.4. The lowest BCUT2D eigenvalue weighted by atomic mass is 9.98. The molecule has 0 N–H and O–H groups in total. The van der Waals surface area contributed by atoms with Crippen molar-refractivity contribution in [1.82, 2.24) is 4.90 Å². The molecule has 6 heteroatoms. The molecule has 1 heterocycles. The minimum atomic E-state index is -0.0157. The average molecular weight is 372 g/mol. The normalized spacial score (nSPS) is 15.6. The first-order valence-corrected chi connectivity index (χ1v) is 8.10. The summed E-state index contributed by atoms with van der Waals surface area (Å²) < 4.78 is 16.6. The van der Waals surface area contributed by atoms with E-state index in [0.717, 1.165) is 25.9 Å². The van der Waals surface area contributed by atoms with Crippen molar-refractivity contribution < 1.29 is 19.0 Å². The third-order valence-electron chi connectivity index (χ3n) is 4.07. The minimum Gasteiger partial charge on any atom is -0.493 e. The van der Waals surface area contributed by atoms with Crippen LogP contribution in [0.5, 0.6) is 17.2 Å². The Balaban J connectivity index is 2.40. The van der Waals surface area contributed by atoms with E-state index < -0.39 is 0 Å². The number of benzene rings is 1. The van der Waals surface area contributed by atoms with Crippen LogP contribution in [-0.2, 0) is 0 Å². The van der Waals surface area contributed by atoms with E-state index in [1.165, 1.54) is 0 Å². The summed E-state index contributed by atoms with van der Waals surface area (Å²) in [7, 11) is 4.63. The molecule has 0 saturated carbocycles. The van der Waals surface area contributed by atoms with Crippen LogP contribution in [0.4, 0.5) is 0 Å². The number of likely N-dealkylation sites (tertiary alicyclic amines) is 1. The van der Waals surface area contributed by atoms with E-state index >= 15 is 0 Å². The van der Waals surface area contributed by atoms with Crippen LogP contribution in [0.3, 0.4) is 0 Å². The van der Waals surface area contributed by atoms with Gasteiger partial charge in [-0.05, 0) is 40.8 Å². The Morgan fingerprint density at radius 2 is 1.73 bits per heavy atom. The van der Waals surface area contributed by atoms with E-state index in [0.29, 0.717) is 33.2 Å². The number of piperidine rings is 1. The largest absolute Gasteiger partial charge is 0.493 e. The molecule has 0 unspecified atom stereocenters. The molecule has 0 atom stereocenters. The van der Waals surface area contributed by atoms with E-state index in [1.807, 2.05) is 4.90 Å². The second-order valence-electron chi connectivity index (χ2n) is 5.48. The third-order valence-corrected chi connectivity index (χ3v) is 4.86. The number of nitrogens with zero attached hydrogens (tertiary/aromatic N) is 1. The third kappa shape index (κ3) is 3.16. The Morgan fingerprint density at radius 3 is 2.23 bits per heavy atom. The molecule has 2 rings (SSSR count). The summed E-state index contributed by atoms with van der Waals surface area (Å²) >= 11 is 3.47. The van der Waals surface area contributed by atoms with Crippen LogP contribution in [0, 0.1) is 5.92 Å². The van der Waals surface area contributed by atoms with Gasteiger partial charge in [0, 0.05) is 13.1 Å². The van der Waals surface area contributed by atoms with Gasteiger partial charge in [0.25, 0.3) is 5.91 Å². The van der Waals surface area contributed by atoms with Crippen LogP contribution < -0.4 is 14.2 Å². The van der Waals surface area contributed by atoms with Crippen molar-refractivity contribution in [2.45, 2.75) is 19.8 Å². The molecule has 1 fully saturated rings. The molecule has 122 valence electrons. The second-order valence-corrected chi connectivity index (χ2v) is 6.27. The van der Waals surface area contributed by atoms with Gasteiger partial charge in [-0.2, -0.15) is 0 Å². The van der Waals surface area contributed by atoms with Crippen molar-refractivity contribution in [1.29, 1.82) is 0 Å². The van der Waals surface area contributed by atoms with Crippen LogP contribution in [0.25, 0.3) is 0 Å². The maximum Gasteiger partial charge on any atom is 0.255 e. The second kappa shape index (κ2) is 7.22. The monoisotopic (exact) mass is 371 g/mol. The first-order valence-electron chi connectivity index (χ1n) is 7.31. The van der Waals surface area contributed by atoms with Gasteiger partial charge >= 0.3 is 0 Å². The molecule has 0 spiro atoms. The number of methoxy groups -OCH3 is 3. The summed E-state index contributed by atoms with van der Waals surface area (Å²) in [4.78, 5) is 14.7. The summed E-state index contributed by atoms with van der Waals surface area (Å²) in [5.41, 5.74) is 0.532. The number of hydrogen-bond acceptors (Lipinski definition) is 4. The highest BCUT2D eigenvalue weighted by molar-refractivity contribution is 9.10. The quantitative estimate of drug-likeness (QED) is 0.814. The Bertz CT molecular complexity index is 554. The Kier molecular flexibility index (Phi) is 5.56. The summed E-state index contributed by atoms with van der Waals surface area (Å²) in [6, 6.07) is 1.70. The number of rotatable bonds is 4. The lowest BCUT2D eigenvalue weighted by Gasteiger charge is -2.31. The predicted molar refractivity (Wildman–Crippen MR) is 88.1 cm³/mol. The number of ether oxygens (including phenoxy) is 3. The maximum absolute atomic E-state index is 12.8. The molecule has 1 amide bonds. The van der Waals surface area contributed by atoms with Crippen molar-refractivity contribution in [3.05, 3.63) is 16.1 Å². The summed E-state index contributed by atoms with van der Waals surface area (Å²) in [6.07, 6.45) is 2.07. The van der Waals surface area contributed by atoms with Gasteiger partial charge < -0.3 is 19.1 Å². The zero-order valence-corrected chi connectivity index (χ0v) is 15.0. The zero-order chi connectivity index (χ0) is 16.3. The van der Waals surface area contributed by atoms with E-state index in [1.54, 1.807) is 27.4 Å². The lowest BCUT2D eigenvalue weighted by Crippen LogP contribution is -2.38. The van der Waals surface area contributed by atoms with E-state index in [4.69, 9.17) is 14.2 Å². The Labute approximate surface area is 139 Å². The number of amides is 1. The lowest BCUT2D eigenvalue weighted by molar-refractivity contribution is 0.0695. The molecule has 0 aromatic heterocycles. The van der Waals surface area contributed by atoms with Crippen molar-refractivity contribution >= 4 is 21.8 Å². The van der Waals surface area contributed by atoms with Crippen LogP contribution in [-0.4, -0.2) is 45.2 Å². The maximum atomic E-state index is 12.8. The molecule has 0 bridgehead atoms. The van der Waals surface area contributed by atoms with Crippen LogP contribution >= 0.6 is 15.9 Å². The van der Waals surface area contributed by atoms with Gasteiger partial charge in [0.2, 0.25) is 5.75 Å². The van der Waals surface area contributed by atoms with Crippen molar-refractivity contribution in [3.63, 3.8) is 0 Å². The van der Waals surface area contributed by atoms with Gasteiger partial charge in [-0.3, -0.25) is 4.79 Å². The van der Waals surface area contributed by atoms with Gasteiger partial charge in [-0.25, -0.2) is 0 Å². The number of carbonyl (C=O) groups excluding carboxylic acids is 1. The van der Waals surface area contributed by atoms with Gasteiger partial charge in [-0.15, -0.1) is 0 Å². The van der Waals surface area contributed by atoms with Crippen molar-refractivity contribution in [3.8, 4) is 17.2 Å². The number of halogens is 1. The molecule has 1 aromatic rings.